The van der Waals surface area contributed by atoms with Crippen molar-refractivity contribution in [2.45, 2.75) is 219 Å². The number of hydrogen-bond acceptors (Lipinski definition) is 5. The first kappa shape index (κ1) is 62.0. The number of carbonyl (C=O) groups is 2. The van der Waals surface area contributed by atoms with E-state index >= 15 is 0 Å². The summed E-state index contributed by atoms with van der Waals surface area (Å²) in [4.78, 5) is 25.4. The molecule has 0 N–H and O–H groups in total. The van der Waals surface area contributed by atoms with Gasteiger partial charge in [0.15, 0.2) is 6.10 Å². The van der Waals surface area contributed by atoms with E-state index in [0.717, 1.165) is 116 Å². The smallest absolute Gasteiger partial charge is 0.306 e. The Balaban J connectivity index is 4.41. The highest BCUT2D eigenvalue weighted by Gasteiger charge is 2.17. The van der Waals surface area contributed by atoms with Gasteiger partial charge in [-0.05, 0) is 122 Å². The summed E-state index contributed by atoms with van der Waals surface area (Å²) in [5.74, 6) is -0.533. The standard InChI is InChI=1S/C61H98O5/c1-4-7-10-13-16-19-22-25-27-29-30-31-33-35-38-41-44-47-50-53-56-64-57-59(66-61(63)55-52-49-46-43-40-36-24-21-18-15-12-9-6-3)58-65-60(62)54-51-48-45-42-39-37-34-32-28-26-23-20-17-14-11-8-5-2/h8-9,11-12,16-21,25-28,30-31,34,36-37,40,46,49,59H,4-7,10,13-15,22-24,29,32-33,35,38-39,41-45,47-48,50-58H2,1-3H3/b11-8-,12-9-,19-16-,20-17-,21-18-,27-25-,28-26-,31-30-,37-34-,40-36-,49-46-. The number of carbonyl (C=O) groups excluding carboxylic acids is 2. The normalized spacial score (nSPS) is 13.3. The molecule has 0 aromatic carbocycles. The minimum absolute atomic E-state index is 0.0309. The Kier molecular flexibility index (Phi) is 52.0. The Labute approximate surface area is 407 Å². The Hall–Kier alpha value is -3.96. The van der Waals surface area contributed by atoms with Crippen LogP contribution in [-0.2, 0) is 23.8 Å². The summed E-state index contributed by atoms with van der Waals surface area (Å²) in [6, 6.07) is 0. The molecule has 0 saturated heterocycles. The fraction of sp³-hybridized carbons (Fsp3) is 0.607. The van der Waals surface area contributed by atoms with Gasteiger partial charge in [-0.15, -0.1) is 0 Å². The summed E-state index contributed by atoms with van der Waals surface area (Å²) in [5, 5.41) is 0. The molecule has 0 saturated carbocycles. The van der Waals surface area contributed by atoms with Crippen LogP contribution in [0.15, 0.2) is 134 Å². The molecule has 5 heteroatoms. The maximum absolute atomic E-state index is 12.8. The maximum Gasteiger partial charge on any atom is 0.306 e. The van der Waals surface area contributed by atoms with Gasteiger partial charge < -0.3 is 14.2 Å². The van der Waals surface area contributed by atoms with E-state index < -0.39 is 6.10 Å². The van der Waals surface area contributed by atoms with Crippen molar-refractivity contribution in [2.75, 3.05) is 19.8 Å². The molecular weight excluding hydrogens is 813 g/mol. The predicted molar refractivity (Wildman–Crippen MR) is 288 cm³/mol. The quantitative estimate of drug-likeness (QED) is 0.0346. The minimum atomic E-state index is -0.600. The average molecular weight is 911 g/mol. The number of hydrogen-bond donors (Lipinski definition) is 0. The summed E-state index contributed by atoms with van der Waals surface area (Å²) in [7, 11) is 0. The van der Waals surface area contributed by atoms with Gasteiger partial charge in [0.1, 0.15) is 6.61 Å². The topological polar surface area (TPSA) is 61.8 Å². The highest BCUT2D eigenvalue weighted by molar-refractivity contribution is 5.70. The second kappa shape index (κ2) is 55.4. The van der Waals surface area contributed by atoms with Gasteiger partial charge in [0.05, 0.1) is 6.61 Å². The third-order valence-electron chi connectivity index (χ3n) is 10.7. The van der Waals surface area contributed by atoms with E-state index in [2.05, 4.69) is 148 Å². The molecule has 0 amide bonds. The molecule has 0 heterocycles. The van der Waals surface area contributed by atoms with Crippen molar-refractivity contribution < 1.29 is 23.8 Å². The van der Waals surface area contributed by atoms with Crippen LogP contribution >= 0.6 is 0 Å². The lowest BCUT2D eigenvalue weighted by atomic mass is 10.1. The summed E-state index contributed by atoms with van der Waals surface area (Å²) >= 11 is 0. The first-order valence-electron chi connectivity index (χ1n) is 26.7. The maximum atomic E-state index is 12.8. The number of esters is 2. The summed E-state index contributed by atoms with van der Waals surface area (Å²) < 4.78 is 17.3. The first-order valence-corrected chi connectivity index (χ1v) is 26.7. The highest BCUT2D eigenvalue weighted by Crippen LogP contribution is 2.12. The monoisotopic (exact) mass is 911 g/mol. The number of allylic oxidation sites excluding steroid dienone is 22. The molecule has 0 rings (SSSR count). The highest BCUT2D eigenvalue weighted by atomic mass is 16.6. The van der Waals surface area contributed by atoms with Gasteiger partial charge in [0, 0.05) is 19.4 Å². The lowest BCUT2D eigenvalue weighted by Crippen LogP contribution is -2.30. The Morgan fingerprint density at radius 3 is 1.15 bits per heavy atom. The van der Waals surface area contributed by atoms with Gasteiger partial charge >= 0.3 is 11.9 Å². The Morgan fingerprint density at radius 2 is 0.712 bits per heavy atom. The predicted octanol–water partition coefficient (Wildman–Crippen LogP) is 18.3. The van der Waals surface area contributed by atoms with Crippen LogP contribution in [0.4, 0.5) is 0 Å². The molecule has 0 radical (unpaired) electrons. The number of ether oxygens (including phenoxy) is 3. The molecule has 372 valence electrons. The van der Waals surface area contributed by atoms with Crippen molar-refractivity contribution in [2.24, 2.45) is 0 Å². The van der Waals surface area contributed by atoms with E-state index in [-0.39, 0.29) is 31.6 Å². The third-order valence-corrected chi connectivity index (χ3v) is 10.7. The molecule has 0 aliphatic carbocycles. The van der Waals surface area contributed by atoms with E-state index in [1.807, 2.05) is 6.08 Å². The van der Waals surface area contributed by atoms with E-state index in [4.69, 9.17) is 14.2 Å². The zero-order valence-corrected chi connectivity index (χ0v) is 42.7. The summed E-state index contributed by atoms with van der Waals surface area (Å²) in [5.41, 5.74) is 0. The number of rotatable bonds is 47. The van der Waals surface area contributed by atoms with Crippen LogP contribution in [-0.4, -0.2) is 37.9 Å². The number of unbranched alkanes of at least 4 members (excludes halogenated alkanes) is 14. The zero-order valence-electron chi connectivity index (χ0n) is 42.7. The lowest BCUT2D eigenvalue weighted by Gasteiger charge is -2.18. The van der Waals surface area contributed by atoms with E-state index in [0.29, 0.717) is 19.4 Å². The molecule has 0 aromatic heterocycles. The van der Waals surface area contributed by atoms with Crippen LogP contribution in [0.1, 0.15) is 213 Å². The van der Waals surface area contributed by atoms with E-state index in [1.54, 1.807) is 0 Å². The van der Waals surface area contributed by atoms with E-state index in [1.165, 1.54) is 57.8 Å². The van der Waals surface area contributed by atoms with Crippen LogP contribution in [0.3, 0.4) is 0 Å². The van der Waals surface area contributed by atoms with Gasteiger partial charge in [-0.2, -0.15) is 0 Å². The van der Waals surface area contributed by atoms with E-state index in [9.17, 15) is 9.59 Å². The molecule has 0 aromatic rings. The van der Waals surface area contributed by atoms with Crippen molar-refractivity contribution >= 4 is 11.9 Å². The molecule has 0 aliphatic rings. The molecule has 1 unspecified atom stereocenters. The fourth-order valence-corrected chi connectivity index (χ4v) is 6.76. The van der Waals surface area contributed by atoms with Gasteiger partial charge in [0.2, 0.25) is 0 Å². The molecule has 0 spiro atoms. The average Bonchev–Trinajstić information content (AvgIpc) is 3.32. The van der Waals surface area contributed by atoms with Crippen molar-refractivity contribution in [3.63, 3.8) is 0 Å². The van der Waals surface area contributed by atoms with Gasteiger partial charge in [-0.1, -0.05) is 212 Å². The Bertz CT molecular complexity index is 1400. The molecule has 0 fully saturated rings. The van der Waals surface area contributed by atoms with Crippen molar-refractivity contribution in [3.8, 4) is 0 Å². The largest absolute Gasteiger partial charge is 0.462 e. The van der Waals surface area contributed by atoms with Crippen LogP contribution in [0.25, 0.3) is 0 Å². The van der Waals surface area contributed by atoms with Crippen LogP contribution in [0.5, 0.6) is 0 Å². The summed E-state index contributed by atoms with van der Waals surface area (Å²) in [6.45, 7) is 7.43. The van der Waals surface area contributed by atoms with Crippen LogP contribution < -0.4 is 0 Å². The molecule has 66 heavy (non-hydrogen) atoms. The molecule has 1 atom stereocenters. The van der Waals surface area contributed by atoms with Crippen LogP contribution in [0.2, 0.25) is 0 Å². The van der Waals surface area contributed by atoms with Gasteiger partial charge in [-0.25, -0.2) is 0 Å². The van der Waals surface area contributed by atoms with Crippen LogP contribution in [0, 0.1) is 0 Å². The zero-order chi connectivity index (χ0) is 47.7. The molecular formula is C61H98O5. The lowest BCUT2D eigenvalue weighted by molar-refractivity contribution is -0.162. The van der Waals surface area contributed by atoms with Gasteiger partial charge in [-0.3, -0.25) is 9.59 Å². The molecule has 0 bridgehead atoms. The summed E-state index contributed by atoms with van der Waals surface area (Å²) in [6.07, 6.45) is 79.1. The Morgan fingerprint density at radius 1 is 0.348 bits per heavy atom. The van der Waals surface area contributed by atoms with Crippen molar-refractivity contribution in [3.05, 3.63) is 134 Å². The fourth-order valence-electron chi connectivity index (χ4n) is 6.76. The first-order chi connectivity index (χ1) is 32.6. The van der Waals surface area contributed by atoms with Crippen molar-refractivity contribution in [1.29, 1.82) is 0 Å². The minimum Gasteiger partial charge on any atom is -0.462 e. The van der Waals surface area contributed by atoms with Crippen molar-refractivity contribution in [1.82, 2.24) is 0 Å². The second-order valence-electron chi connectivity index (χ2n) is 17.0. The SMILES string of the molecule is CC/C=C\C/C=C\C/C=C\C/C=C\CCCCCCC(=O)OCC(COCCCCCCCCC/C=C\C/C=C\C/C=C\CCCCC)OC(=O)CC/C=C\C/C=C\C/C=C\C/C=C\CC. The van der Waals surface area contributed by atoms with Gasteiger partial charge in [0.25, 0.3) is 0 Å². The second-order valence-corrected chi connectivity index (χ2v) is 17.0. The molecule has 0 aliphatic heterocycles. The third kappa shape index (κ3) is 52.7. The molecule has 5 nitrogen and oxygen atoms in total.